The topological polar surface area (TPSA) is 109 Å². The van der Waals surface area contributed by atoms with Crippen molar-refractivity contribution in [1.29, 1.82) is 5.26 Å². The Hall–Kier alpha value is -4.82. The molecule has 12 heteroatoms. The Labute approximate surface area is 299 Å². The van der Waals surface area contributed by atoms with Crippen LogP contribution in [0.5, 0.6) is 0 Å². The lowest BCUT2D eigenvalue weighted by Crippen LogP contribution is -2.46. The molecule has 1 saturated heterocycles. The van der Waals surface area contributed by atoms with Crippen molar-refractivity contribution in [2.75, 3.05) is 18.4 Å². The summed E-state index contributed by atoms with van der Waals surface area (Å²) in [5.74, 6) is -0.213. The molecule has 1 aliphatic heterocycles. The zero-order valence-corrected chi connectivity index (χ0v) is 29.4. The van der Waals surface area contributed by atoms with E-state index in [0.717, 1.165) is 48.3 Å². The highest BCUT2D eigenvalue weighted by molar-refractivity contribution is 6.35. The van der Waals surface area contributed by atoms with Crippen LogP contribution in [0.2, 0.25) is 10.0 Å². The van der Waals surface area contributed by atoms with Crippen molar-refractivity contribution in [2.45, 2.75) is 57.5 Å². The SMILES string of the molecule is CC(C)(C)N1CCC(n2cc([C@@H](Cc3cc(Cl)c4ncc(C#N)c(Nc5ccc(F)c(Cl)c5)c4c3)c3cccc(-c4ncco4)c3)nn2)CC1. The molecule has 254 valence electrons. The van der Waals surface area contributed by atoms with Crippen LogP contribution in [0.4, 0.5) is 15.8 Å². The van der Waals surface area contributed by atoms with Crippen molar-refractivity contribution >= 4 is 45.5 Å². The van der Waals surface area contributed by atoms with E-state index in [1.807, 2.05) is 28.9 Å². The molecule has 1 atom stereocenters. The Balaban J connectivity index is 1.27. The van der Waals surface area contributed by atoms with Crippen molar-refractivity contribution in [3.05, 3.63) is 118 Å². The summed E-state index contributed by atoms with van der Waals surface area (Å²) in [4.78, 5) is 11.4. The maximum absolute atomic E-state index is 14.0. The maximum Gasteiger partial charge on any atom is 0.225 e. The summed E-state index contributed by atoms with van der Waals surface area (Å²) in [5.41, 5.74) is 5.57. The van der Waals surface area contributed by atoms with Gasteiger partial charge in [-0.2, -0.15) is 5.26 Å². The van der Waals surface area contributed by atoms with E-state index in [1.54, 1.807) is 18.5 Å². The number of hydrogen-bond acceptors (Lipinski definition) is 8. The summed E-state index contributed by atoms with van der Waals surface area (Å²) in [6.07, 6.45) is 9.24. The molecule has 6 aromatic rings. The zero-order valence-electron chi connectivity index (χ0n) is 27.9. The van der Waals surface area contributed by atoms with Gasteiger partial charge in [-0.05, 0) is 93.6 Å². The standard InChI is InChI=1S/C38H35Cl2FN8O/c1-38(2,3)48-12-9-28(10-13-48)49-22-34(46-47-49)29(24-5-4-6-25(18-24)37-43-11-14-50-37)15-23-16-30-35(45-27-7-8-33(41)31(39)19-27)26(20-42)21-44-36(30)32(40)17-23/h4-8,11,14,16-19,21-22,28-29H,9-10,12-13,15H2,1-3H3,(H,44,45)/t29-/m0/s1. The number of halogens is 3. The number of fused-ring (bicyclic) bond motifs is 1. The van der Waals surface area contributed by atoms with Gasteiger partial charge in [0, 0.05) is 53.6 Å². The molecule has 1 fully saturated rings. The fourth-order valence-electron chi connectivity index (χ4n) is 6.68. The molecule has 0 bridgehead atoms. The van der Waals surface area contributed by atoms with E-state index in [9.17, 15) is 9.65 Å². The van der Waals surface area contributed by atoms with E-state index in [4.69, 9.17) is 32.7 Å². The summed E-state index contributed by atoms with van der Waals surface area (Å²) in [7, 11) is 0. The number of nitrogens with zero attached hydrogens (tertiary/aromatic N) is 7. The lowest BCUT2D eigenvalue weighted by Gasteiger charge is -2.40. The predicted molar refractivity (Wildman–Crippen MR) is 193 cm³/mol. The summed E-state index contributed by atoms with van der Waals surface area (Å²) >= 11 is 13.0. The highest BCUT2D eigenvalue weighted by Crippen LogP contribution is 2.37. The van der Waals surface area contributed by atoms with Crippen LogP contribution in [0.1, 0.15) is 68.0 Å². The second kappa shape index (κ2) is 13.8. The van der Waals surface area contributed by atoms with Crippen LogP contribution < -0.4 is 5.32 Å². The fraction of sp³-hybridized carbons (Fsp3) is 0.289. The molecular weight excluding hydrogens is 674 g/mol. The van der Waals surface area contributed by atoms with E-state index < -0.39 is 5.82 Å². The third kappa shape index (κ3) is 6.94. The molecule has 50 heavy (non-hydrogen) atoms. The van der Waals surface area contributed by atoms with Crippen LogP contribution in [0.3, 0.4) is 0 Å². The molecule has 4 heterocycles. The van der Waals surface area contributed by atoms with Gasteiger partial charge in [-0.15, -0.1) is 5.10 Å². The molecule has 0 radical (unpaired) electrons. The van der Waals surface area contributed by atoms with Gasteiger partial charge in [-0.3, -0.25) is 9.88 Å². The van der Waals surface area contributed by atoms with Crippen molar-refractivity contribution < 1.29 is 8.81 Å². The Morgan fingerprint density at radius 1 is 1.06 bits per heavy atom. The smallest absolute Gasteiger partial charge is 0.225 e. The second-order valence-corrected chi connectivity index (χ2v) is 14.4. The average Bonchev–Trinajstić information content (AvgIpc) is 3.83. The zero-order chi connectivity index (χ0) is 35.0. The first-order valence-electron chi connectivity index (χ1n) is 16.5. The van der Waals surface area contributed by atoms with Crippen molar-refractivity contribution in [1.82, 2.24) is 29.9 Å². The highest BCUT2D eigenvalue weighted by Gasteiger charge is 2.29. The lowest BCUT2D eigenvalue weighted by molar-refractivity contribution is 0.0866. The van der Waals surface area contributed by atoms with Gasteiger partial charge in [0.05, 0.1) is 44.7 Å². The Bertz CT molecular complexity index is 2200. The van der Waals surface area contributed by atoms with E-state index >= 15 is 0 Å². The quantitative estimate of drug-likeness (QED) is 0.167. The minimum absolute atomic E-state index is 0.0341. The summed E-state index contributed by atoms with van der Waals surface area (Å²) < 4.78 is 21.6. The van der Waals surface area contributed by atoms with Crippen molar-refractivity contribution in [2.24, 2.45) is 0 Å². The Morgan fingerprint density at radius 3 is 2.60 bits per heavy atom. The maximum atomic E-state index is 14.0. The molecule has 3 aromatic heterocycles. The van der Waals surface area contributed by atoms with Gasteiger partial charge in [0.1, 0.15) is 18.1 Å². The summed E-state index contributed by atoms with van der Waals surface area (Å²) in [5, 5.41) is 23.7. The van der Waals surface area contributed by atoms with Crippen molar-refractivity contribution in [3.63, 3.8) is 0 Å². The molecular formula is C38H35Cl2FN8O. The van der Waals surface area contributed by atoms with Crippen LogP contribution >= 0.6 is 23.2 Å². The minimum atomic E-state index is -0.534. The van der Waals surface area contributed by atoms with Crippen LogP contribution in [-0.2, 0) is 6.42 Å². The Kier molecular flexibility index (Phi) is 9.31. The number of benzene rings is 3. The van der Waals surface area contributed by atoms with Crippen LogP contribution in [0, 0.1) is 17.1 Å². The van der Waals surface area contributed by atoms with Crippen LogP contribution in [-0.4, -0.2) is 48.5 Å². The van der Waals surface area contributed by atoms with Gasteiger partial charge in [0.25, 0.3) is 0 Å². The molecule has 3 aromatic carbocycles. The van der Waals surface area contributed by atoms with E-state index in [2.05, 4.69) is 70.6 Å². The number of nitriles is 1. The average molecular weight is 710 g/mol. The number of hydrogen-bond donors (Lipinski definition) is 1. The second-order valence-electron chi connectivity index (χ2n) is 13.6. The molecule has 7 rings (SSSR count). The number of pyridine rings is 1. The number of likely N-dealkylation sites (tertiary alicyclic amines) is 1. The molecule has 9 nitrogen and oxygen atoms in total. The van der Waals surface area contributed by atoms with Gasteiger partial charge in [0.15, 0.2) is 0 Å². The van der Waals surface area contributed by atoms with Crippen molar-refractivity contribution in [3.8, 4) is 17.5 Å². The number of piperidine rings is 1. The number of anilines is 2. The number of aromatic nitrogens is 5. The van der Waals surface area contributed by atoms with E-state index in [0.29, 0.717) is 45.2 Å². The summed E-state index contributed by atoms with van der Waals surface area (Å²) in [6, 6.07) is 18.8. The molecule has 0 unspecified atom stereocenters. The van der Waals surface area contributed by atoms with Gasteiger partial charge < -0.3 is 9.73 Å². The molecule has 0 aliphatic carbocycles. The molecule has 0 saturated carbocycles. The number of nitrogens with one attached hydrogen (secondary N) is 1. The van der Waals surface area contributed by atoms with Gasteiger partial charge in [-0.25, -0.2) is 14.1 Å². The third-order valence-corrected chi connectivity index (χ3v) is 9.95. The first kappa shape index (κ1) is 33.7. The van der Waals surface area contributed by atoms with Gasteiger partial charge >= 0.3 is 0 Å². The third-order valence-electron chi connectivity index (χ3n) is 9.37. The van der Waals surface area contributed by atoms with Gasteiger partial charge in [0.2, 0.25) is 5.89 Å². The molecule has 1 N–H and O–H groups in total. The number of rotatable bonds is 8. The minimum Gasteiger partial charge on any atom is -0.445 e. The first-order valence-corrected chi connectivity index (χ1v) is 17.2. The first-order chi connectivity index (χ1) is 24.1. The lowest BCUT2D eigenvalue weighted by atomic mass is 9.88. The summed E-state index contributed by atoms with van der Waals surface area (Å²) in [6.45, 7) is 8.77. The molecule has 1 aliphatic rings. The Morgan fingerprint density at radius 2 is 1.88 bits per heavy atom. The monoisotopic (exact) mass is 708 g/mol. The van der Waals surface area contributed by atoms with Crippen LogP contribution in [0.25, 0.3) is 22.4 Å². The normalized spacial score (nSPS) is 14.9. The number of oxazole rings is 1. The molecule has 0 amide bonds. The fourth-order valence-corrected chi connectivity index (χ4v) is 7.16. The van der Waals surface area contributed by atoms with Crippen LogP contribution in [0.15, 0.2) is 83.9 Å². The highest BCUT2D eigenvalue weighted by atomic mass is 35.5. The predicted octanol–water partition coefficient (Wildman–Crippen LogP) is 9.35. The van der Waals surface area contributed by atoms with E-state index in [-0.39, 0.29) is 22.5 Å². The van der Waals surface area contributed by atoms with Gasteiger partial charge in [-0.1, -0.05) is 40.5 Å². The molecule has 0 spiro atoms. The largest absolute Gasteiger partial charge is 0.445 e. The van der Waals surface area contributed by atoms with E-state index in [1.165, 1.54) is 18.3 Å².